The van der Waals surface area contributed by atoms with Gasteiger partial charge in [-0.15, -0.1) is 0 Å². The van der Waals surface area contributed by atoms with Crippen LogP contribution in [0.15, 0.2) is 12.1 Å². The molecule has 1 heterocycles. The maximum atomic E-state index is 13.4. The van der Waals surface area contributed by atoms with Crippen molar-refractivity contribution < 1.29 is 8.78 Å². The van der Waals surface area contributed by atoms with E-state index in [-0.39, 0.29) is 16.6 Å². The molecule has 4 heteroatoms. The molecular weight excluding hydrogens is 208 g/mol. The Morgan fingerprint density at radius 3 is 2.43 bits per heavy atom. The van der Waals surface area contributed by atoms with Gasteiger partial charge in [-0.2, -0.15) is 0 Å². The molecule has 0 aromatic heterocycles. The Labute approximate surface area is 86.1 Å². The van der Waals surface area contributed by atoms with E-state index in [9.17, 15) is 8.78 Å². The molecule has 2 rings (SSSR count). The third-order valence-electron chi connectivity index (χ3n) is 2.45. The van der Waals surface area contributed by atoms with Crippen molar-refractivity contribution in [3.05, 3.63) is 34.4 Å². The van der Waals surface area contributed by atoms with Crippen molar-refractivity contribution in [1.82, 2.24) is 5.32 Å². The van der Waals surface area contributed by atoms with Crippen LogP contribution in [-0.4, -0.2) is 6.54 Å². The summed E-state index contributed by atoms with van der Waals surface area (Å²) in [4.78, 5) is 0. The average Bonchev–Trinajstić information content (AvgIpc) is 2.54. The molecule has 1 fully saturated rings. The smallest absolute Gasteiger partial charge is 0.132 e. The third kappa shape index (κ3) is 1.74. The molecule has 1 aliphatic rings. The SMILES string of the molecule is Fc1cc(Cl)cc(F)c1[C@@H]1CCCN1. The molecule has 1 saturated heterocycles. The van der Waals surface area contributed by atoms with Gasteiger partial charge in [0.15, 0.2) is 0 Å². The highest BCUT2D eigenvalue weighted by Crippen LogP contribution is 2.29. The molecule has 0 bridgehead atoms. The van der Waals surface area contributed by atoms with Crippen LogP contribution in [0.3, 0.4) is 0 Å². The second-order valence-corrected chi connectivity index (χ2v) is 3.87. The Morgan fingerprint density at radius 2 is 1.93 bits per heavy atom. The summed E-state index contributed by atoms with van der Waals surface area (Å²) >= 11 is 5.53. The summed E-state index contributed by atoms with van der Waals surface area (Å²) in [5.41, 5.74) is 0.118. The molecule has 1 aromatic carbocycles. The maximum absolute atomic E-state index is 13.4. The number of hydrogen-bond acceptors (Lipinski definition) is 1. The minimum atomic E-state index is -0.561. The monoisotopic (exact) mass is 217 g/mol. The molecule has 1 aliphatic heterocycles. The van der Waals surface area contributed by atoms with Crippen molar-refractivity contribution in [3.63, 3.8) is 0 Å². The van der Waals surface area contributed by atoms with E-state index in [1.807, 2.05) is 0 Å². The number of halogens is 3. The fraction of sp³-hybridized carbons (Fsp3) is 0.400. The largest absolute Gasteiger partial charge is 0.310 e. The highest BCUT2D eigenvalue weighted by atomic mass is 35.5. The molecule has 1 atom stereocenters. The van der Waals surface area contributed by atoms with Gasteiger partial charge in [-0.3, -0.25) is 0 Å². The van der Waals surface area contributed by atoms with Gasteiger partial charge in [0.05, 0.1) is 0 Å². The predicted octanol–water partition coefficient (Wildman–Crippen LogP) is 3.04. The zero-order chi connectivity index (χ0) is 10.1. The van der Waals surface area contributed by atoms with Crippen LogP contribution in [0.5, 0.6) is 0 Å². The lowest BCUT2D eigenvalue weighted by Crippen LogP contribution is -2.16. The maximum Gasteiger partial charge on any atom is 0.132 e. The zero-order valence-electron chi connectivity index (χ0n) is 7.49. The van der Waals surface area contributed by atoms with Crippen LogP contribution in [0.4, 0.5) is 8.78 Å². The van der Waals surface area contributed by atoms with Crippen molar-refractivity contribution >= 4 is 11.6 Å². The quantitative estimate of drug-likeness (QED) is 0.763. The van der Waals surface area contributed by atoms with Crippen molar-refractivity contribution in [3.8, 4) is 0 Å². The molecular formula is C10H10ClF2N. The Hall–Kier alpha value is -0.670. The molecule has 0 saturated carbocycles. The van der Waals surface area contributed by atoms with Crippen LogP contribution in [-0.2, 0) is 0 Å². The first kappa shape index (κ1) is 9.87. The summed E-state index contributed by atoms with van der Waals surface area (Å²) in [6, 6.07) is 2.10. The number of nitrogens with one attached hydrogen (secondary N) is 1. The van der Waals surface area contributed by atoms with Crippen molar-refractivity contribution in [1.29, 1.82) is 0 Å². The van der Waals surface area contributed by atoms with Gasteiger partial charge < -0.3 is 5.32 Å². The predicted molar refractivity (Wildman–Crippen MR) is 51.3 cm³/mol. The first-order chi connectivity index (χ1) is 6.68. The van der Waals surface area contributed by atoms with Crippen molar-refractivity contribution in [2.75, 3.05) is 6.54 Å². The lowest BCUT2D eigenvalue weighted by Gasteiger charge is -2.12. The first-order valence-electron chi connectivity index (χ1n) is 4.56. The standard InChI is InChI=1S/C10H10ClF2N/c11-6-4-7(12)10(8(13)5-6)9-2-1-3-14-9/h4-5,9,14H,1-3H2/t9-/m0/s1. The topological polar surface area (TPSA) is 12.0 Å². The zero-order valence-corrected chi connectivity index (χ0v) is 8.24. The van der Waals surface area contributed by atoms with E-state index in [2.05, 4.69) is 5.32 Å². The van der Waals surface area contributed by atoms with Gasteiger partial charge in [0.25, 0.3) is 0 Å². The molecule has 14 heavy (non-hydrogen) atoms. The highest BCUT2D eigenvalue weighted by Gasteiger charge is 2.23. The third-order valence-corrected chi connectivity index (χ3v) is 2.67. The van der Waals surface area contributed by atoms with Crippen LogP contribution >= 0.6 is 11.6 Å². The van der Waals surface area contributed by atoms with Crippen LogP contribution in [0.2, 0.25) is 5.02 Å². The van der Waals surface area contributed by atoms with Crippen LogP contribution in [0.25, 0.3) is 0 Å². The van der Waals surface area contributed by atoms with E-state index in [1.54, 1.807) is 0 Å². The molecule has 0 amide bonds. The lowest BCUT2D eigenvalue weighted by molar-refractivity contribution is 0.507. The summed E-state index contributed by atoms with van der Waals surface area (Å²) in [5.74, 6) is -1.12. The summed E-state index contributed by atoms with van der Waals surface area (Å²) in [7, 11) is 0. The second-order valence-electron chi connectivity index (χ2n) is 3.43. The van der Waals surface area contributed by atoms with Crippen LogP contribution in [0.1, 0.15) is 24.4 Å². The van der Waals surface area contributed by atoms with Crippen molar-refractivity contribution in [2.45, 2.75) is 18.9 Å². The van der Waals surface area contributed by atoms with E-state index in [0.717, 1.165) is 31.5 Å². The van der Waals surface area contributed by atoms with E-state index < -0.39 is 11.6 Å². The average molecular weight is 218 g/mol. The Morgan fingerprint density at radius 1 is 1.29 bits per heavy atom. The van der Waals surface area contributed by atoms with Gasteiger partial charge in [-0.1, -0.05) is 11.6 Å². The minimum absolute atomic E-state index is 0.0988. The Bertz CT molecular complexity index is 325. The minimum Gasteiger partial charge on any atom is -0.310 e. The van der Waals surface area contributed by atoms with E-state index >= 15 is 0 Å². The summed E-state index contributed by atoms with van der Waals surface area (Å²) in [6.45, 7) is 0.812. The number of benzene rings is 1. The fourth-order valence-electron chi connectivity index (χ4n) is 1.82. The van der Waals surface area contributed by atoms with Crippen molar-refractivity contribution in [2.24, 2.45) is 0 Å². The van der Waals surface area contributed by atoms with Gasteiger partial charge in [0.2, 0.25) is 0 Å². The van der Waals surface area contributed by atoms with Gasteiger partial charge in [-0.25, -0.2) is 8.78 Å². The van der Waals surface area contributed by atoms with Gasteiger partial charge in [-0.05, 0) is 31.5 Å². The van der Waals surface area contributed by atoms with Gasteiger partial charge in [0, 0.05) is 16.6 Å². The van der Waals surface area contributed by atoms with Gasteiger partial charge >= 0.3 is 0 Å². The Balaban J connectivity index is 2.40. The van der Waals surface area contributed by atoms with E-state index in [1.165, 1.54) is 0 Å². The molecule has 1 aromatic rings. The van der Waals surface area contributed by atoms with Crippen LogP contribution < -0.4 is 5.32 Å². The van der Waals surface area contributed by atoms with E-state index in [4.69, 9.17) is 11.6 Å². The molecule has 1 nitrogen and oxygen atoms in total. The van der Waals surface area contributed by atoms with Gasteiger partial charge in [0.1, 0.15) is 11.6 Å². The molecule has 76 valence electrons. The van der Waals surface area contributed by atoms with E-state index in [0.29, 0.717) is 0 Å². The summed E-state index contributed by atoms with van der Waals surface area (Å²) in [6.07, 6.45) is 1.72. The summed E-state index contributed by atoms with van der Waals surface area (Å²) in [5, 5.41) is 3.15. The molecule has 0 spiro atoms. The first-order valence-corrected chi connectivity index (χ1v) is 4.94. The normalized spacial score (nSPS) is 21.5. The molecule has 1 N–H and O–H groups in total. The lowest BCUT2D eigenvalue weighted by atomic mass is 10.0. The number of hydrogen-bond donors (Lipinski definition) is 1. The molecule has 0 radical (unpaired) electrons. The second kappa shape index (κ2) is 3.83. The fourth-order valence-corrected chi connectivity index (χ4v) is 2.01. The molecule has 0 unspecified atom stereocenters. The van der Waals surface area contributed by atoms with Crippen LogP contribution in [0, 0.1) is 11.6 Å². The summed E-state index contributed by atoms with van der Waals surface area (Å²) < 4.78 is 26.8. The highest BCUT2D eigenvalue weighted by molar-refractivity contribution is 6.30. The molecule has 0 aliphatic carbocycles. The number of rotatable bonds is 1. The Kier molecular flexibility index (Phi) is 2.70.